The lowest BCUT2D eigenvalue weighted by molar-refractivity contribution is -0.0231. The number of carbonyl (C=O) groups excluding carboxylic acids is 1. The van der Waals surface area contributed by atoms with Gasteiger partial charge in [0.1, 0.15) is 11.9 Å². The maximum Gasteiger partial charge on any atom is 0.253 e. The highest BCUT2D eigenvalue weighted by Gasteiger charge is 2.44. The fourth-order valence-corrected chi connectivity index (χ4v) is 4.56. The number of fused-ring (bicyclic) bond motifs is 1. The van der Waals surface area contributed by atoms with E-state index < -0.39 is 6.10 Å². The lowest BCUT2D eigenvalue weighted by Gasteiger charge is -2.35. The van der Waals surface area contributed by atoms with Crippen molar-refractivity contribution in [1.82, 2.24) is 4.90 Å². The second-order valence-corrected chi connectivity index (χ2v) is 8.18. The van der Waals surface area contributed by atoms with Crippen LogP contribution >= 0.6 is 11.6 Å². The SMILES string of the molecule is O=C(c1cccc(CO)c1)N1C[C@H]2C[C@@H](Oc3cccc(Cl)c3)[C@H](O)C[C@H]2C1. The Morgan fingerprint density at radius 1 is 1.11 bits per heavy atom. The Morgan fingerprint density at radius 3 is 2.61 bits per heavy atom. The Bertz CT molecular complexity index is 858. The second kappa shape index (κ2) is 8.11. The van der Waals surface area contributed by atoms with Crippen LogP contribution in [0, 0.1) is 11.8 Å². The summed E-state index contributed by atoms with van der Waals surface area (Å²) >= 11 is 6.02. The van der Waals surface area contributed by atoms with E-state index in [0.29, 0.717) is 48.2 Å². The first-order valence-corrected chi connectivity index (χ1v) is 10.0. The van der Waals surface area contributed by atoms with Crippen LogP contribution in [0.25, 0.3) is 0 Å². The molecule has 0 unspecified atom stereocenters. The standard InChI is InChI=1S/C22H24ClNO4/c23-18-5-2-6-19(10-18)28-21-9-17-12-24(11-16(17)8-20(21)26)22(27)15-4-1-3-14(7-15)13-25/h1-7,10,16-17,20-21,25-26H,8-9,11-13H2/t16-,17+,20+,21+/m0/s1. The van der Waals surface area contributed by atoms with Crippen LogP contribution in [0.2, 0.25) is 5.02 Å². The van der Waals surface area contributed by atoms with Gasteiger partial charge in [0.25, 0.3) is 5.91 Å². The Balaban J connectivity index is 1.43. The molecule has 0 bridgehead atoms. The van der Waals surface area contributed by atoms with Gasteiger partial charge in [-0.3, -0.25) is 4.79 Å². The van der Waals surface area contributed by atoms with Gasteiger partial charge in [0.05, 0.1) is 12.7 Å². The molecule has 1 aliphatic heterocycles. The van der Waals surface area contributed by atoms with Gasteiger partial charge in [-0.25, -0.2) is 0 Å². The second-order valence-electron chi connectivity index (χ2n) is 7.74. The normalized spacial score (nSPS) is 26.8. The van der Waals surface area contributed by atoms with Crippen molar-refractivity contribution in [2.24, 2.45) is 11.8 Å². The molecule has 148 valence electrons. The summed E-state index contributed by atoms with van der Waals surface area (Å²) in [5.74, 6) is 1.21. The van der Waals surface area contributed by atoms with E-state index in [1.807, 2.05) is 17.0 Å². The van der Waals surface area contributed by atoms with Crippen LogP contribution in [-0.4, -0.2) is 46.3 Å². The number of halogens is 1. The van der Waals surface area contributed by atoms with Crippen molar-refractivity contribution in [3.05, 3.63) is 64.7 Å². The number of benzene rings is 2. The number of nitrogens with zero attached hydrogens (tertiary/aromatic N) is 1. The highest BCUT2D eigenvalue weighted by molar-refractivity contribution is 6.30. The van der Waals surface area contributed by atoms with Crippen LogP contribution in [0.1, 0.15) is 28.8 Å². The van der Waals surface area contributed by atoms with Crippen molar-refractivity contribution in [3.8, 4) is 5.75 Å². The van der Waals surface area contributed by atoms with Gasteiger partial charge in [-0.2, -0.15) is 0 Å². The molecule has 2 aliphatic rings. The third kappa shape index (κ3) is 4.02. The van der Waals surface area contributed by atoms with E-state index >= 15 is 0 Å². The first-order valence-electron chi connectivity index (χ1n) is 9.63. The summed E-state index contributed by atoms with van der Waals surface area (Å²) in [6, 6.07) is 14.3. The maximum atomic E-state index is 12.9. The smallest absolute Gasteiger partial charge is 0.253 e. The molecule has 0 radical (unpaired) electrons. The Labute approximate surface area is 169 Å². The van der Waals surface area contributed by atoms with E-state index in [1.54, 1.807) is 36.4 Å². The molecule has 1 saturated heterocycles. The summed E-state index contributed by atoms with van der Waals surface area (Å²) in [7, 11) is 0. The summed E-state index contributed by atoms with van der Waals surface area (Å²) in [5.41, 5.74) is 1.32. The molecule has 5 nitrogen and oxygen atoms in total. The van der Waals surface area contributed by atoms with E-state index in [4.69, 9.17) is 16.3 Å². The largest absolute Gasteiger partial charge is 0.488 e. The van der Waals surface area contributed by atoms with Crippen molar-refractivity contribution < 1.29 is 19.7 Å². The van der Waals surface area contributed by atoms with E-state index in [2.05, 4.69) is 0 Å². The van der Waals surface area contributed by atoms with Crippen molar-refractivity contribution in [3.63, 3.8) is 0 Å². The van der Waals surface area contributed by atoms with E-state index in [0.717, 1.165) is 5.56 Å². The van der Waals surface area contributed by atoms with Crippen LogP contribution < -0.4 is 4.74 Å². The summed E-state index contributed by atoms with van der Waals surface area (Å²) < 4.78 is 6.00. The third-order valence-corrected chi connectivity index (χ3v) is 6.05. The van der Waals surface area contributed by atoms with Gasteiger partial charge in [0.2, 0.25) is 0 Å². The molecular weight excluding hydrogens is 378 g/mol. The molecule has 0 aromatic heterocycles. The number of aliphatic hydroxyl groups is 2. The van der Waals surface area contributed by atoms with Crippen molar-refractivity contribution in [2.45, 2.75) is 31.7 Å². The summed E-state index contributed by atoms with van der Waals surface area (Å²) in [5, 5.41) is 20.5. The molecule has 6 heteroatoms. The van der Waals surface area contributed by atoms with Crippen LogP contribution in [0.5, 0.6) is 5.75 Å². The zero-order valence-electron chi connectivity index (χ0n) is 15.5. The molecule has 0 spiro atoms. The molecule has 1 heterocycles. The fourth-order valence-electron chi connectivity index (χ4n) is 4.38. The number of rotatable bonds is 4. The third-order valence-electron chi connectivity index (χ3n) is 5.81. The van der Waals surface area contributed by atoms with Crippen LogP contribution in [-0.2, 0) is 6.61 Å². The highest BCUT2D eigenvalue weighted by atomic mass is 35.5. The first-order chi connectivity index (χ1) is 13.5. The molecule has 1 aliphatic carbocycles. The van der Waals surface area contributed by atoms with Gasteiger partial charge >= 0.3 is 0 Å². The highest BCUT2D eigenvalue weighted by Crippen LogP contribution is 2.38. The molecule has 1 amide bonds. The molecule has 4 atom stereocenters. The number of amides is 1. The molecule has 2 aromatic rings. The topological polar surface area (TPSA) is 70.0 Å². The molecule has 2 fully saturated rings. The van der Waals surface area contributed by atoms with Crippen molar-refractivity contribution in [2.75, 3.05) is 13.1 Å². The molecule has 4 rings (SSSR count). The van der Waals surface area contributed by atoms with Gasteiger partial charge < -0.3 is 19.8 Å². The number of hydrogen-bond acceptors (Lipinski definition) is 4. The molecule has 1 saturated carbocycles. The molecule has 28 heavy (non-hydrogen) atoms. The predicted molar refractivity (Wildman–Crippen MR) is 106 cm³/mol. The van der Waals surface area contributed by atoms with Crippen LogP contribution in [0.15, 0.2) is 48.5 Å². The van der Waals surface area contributed by atoms with Gasteiger partial charge in [-0.05, 0) is 60.6 Å². The predicted octanol–water partition coefficient (Wildman–Crippen LogP) is 3.12. The zero-order valence-corrected chi connectivity index (χ0v) is 16.3. The number of carbonyl (C=O) groups is 1. The average Bonchev–Trinajstić information content (AvgIpc) is 3.10. The number of hydrogen-bond donors (Lipinski definition) is 2. The summed E-state index contributed by atoms with van der Waals surface area (Å²) in [4.78, 5) is 14.7. The van der Waals surface area contributed by atoms with Crippen LogP contribution in [0.3, 0.4) is 0 Å². The van der Waals surface area contributed by atoms with Gasteiger partial charge in [0.15, 0.2) is 0 Å². The van der Waals surface area contributed by atoms with Gasteiger partial charge in [-0.15, -0.1) is 0 Å². The van der Waals surface area contributed by atoms with E-state index in [1.165, 1.54) is 0 Å². The fraction of sp³-hybridized carbons (Fsp3) is 0.409. The summed E-state index contributed by atoms with van der Waals surface area (Å²) in [6.45, 7) is 1.23. The van der Waals surface area contributed by atoms with Crippen molar-refractivity contribution >= 4 is 17.5 Å². The number of aliphatic hydroxyl groups excluding tert-OH is 2. The average molecular weight is 402 g/mol. The quantitative estimate of drug-likeness (QED) is 0.825. The number of ether oxygens (including phenoxy) is 1. The maximum absolute atomic E-state index is 12.9. The lowest BCUT2D eigenvalue weighted by atomic mass is 9.78. The lowest BCUT2D eigenvalue weighted by Crippen LogP contribution is -2.42. The van der Waals surface area contributed by atoms with E-state index in [9.17, 15) is 15.0 Å². The monoisotopic (exact) mass is 401 g/mol. The van der Waals surface area contributed by atoms with E-state index in [-0.39, 0.29) is 24.5 Å². The number of likely N-dealkylation sites (tertiary alicyclic amines) is 1. The Hall–Kier alpha value is -2.08. The first kappa shape index (κ1) is 19.2. The van der Waals surface area contributed by atoms with Gasteiger partial charge in [-0.1, -0.05) is 29.8 Å². The van der Waals surface area contributed by atoms with Crippen molar-refractivity contribution in [1.29, 1.82) is 0 Å². The minimum atomic E-state index is -0.562. The minimum absolute atomic E-state index is 0.0218. The summed E-state index contributed by atoms with van der Waals surface area (Å²) in [6.07, 6.45) is 0.468. The molecular formula is C22H24ClNO4. The van der Waals surface area contributed by atoms with Crippen LogP contribution in [0.4, 0.5) is 0 Å². The molecule has 2 N–H and O–H groups in total. The minimum Gasteiger partial charge on any atom is -0.488 e. The molecule has 2 aromatic carbocycles. The zero-order chi connectivity index (χ0) is 19.7. The Morgan fingerprint density at radius 2 is 1.86 bits per heavy atom. The van der Waals surface area contributed by atoms with Gasteiger partial charge in [0, 0.05) is 23.7 Å². The Kier molecular flexibility index (Phi) is 5.58.